The van der Waals surface area contributed by atoms with Crippen LogP contribution >= 0.6 is 0 Å². The Morgan fingerprint density at radius 2 is 2.20 bits per heavy atom. The first-order valence-electron chi connectivity index (χ1n) is 5.15. The van der Waals surface area contributed by atoms with E-state index in [-0.39, 0.29) is 18.2 Å². The second-order valence-electron chi connectivity index (χ2n) is 3.82. The number of oxazole rings is 1. The van der Waals surface area contributed by atoms with Gasteiger partial charge in [-0.3, -0.25) is 0 Å². The highest BCUT2D eigenvalue weighted by Gasteiger charge is 2.26. The summed E-state index contributed by atoms with van der Waals surface area (Å²) in [5.74, 6) is -0.361. The average molecular weight is 210 g/mol. The van der Waals surface area contributed by atoms with Crippen molar-refractivity contribution >= 4 is 5.97 Å². The summed E-state index contributed by atoms with van der Waals surface area (Å²) < 4.78 is 5.26. The van der Waals surface area contributed by atoms with Crippen molar-refractivity contribution in [3.63, 3.8) is 0 Å². The minimum atomic E-state index is -1.09. The second-order valence-corrected chi connectivity index (χ2v) is 3.82. The van der Waals surface area contributed by atoms with Gasteiger partial charge in [0.25, 0.3) is 0 Å². The van der Waals surface area contributed by atoms with Crippen molar-refractivity contribution in [1.82, 2.24) is 4.98 Å². The quantitative estimate of drug-likeness (QED) is 0.788. The molecule has 0 amide bonds. The normalized spacial score (nSPS) is 17.1. The molecule has 0 aromatic carbocycles. The number of aromatic nitrogens is 1. The van der Waals surface area contributed by atoms with Crippen LogP contribution in [0.15, 0.2) is 4.42 Å². The summed E-state index contributed by atoms with van der Waals surface area (Å²) >= 11 is 0. The van der Waals surface area contributed by atoms with E-state index in [0.29, 0.717) is 11.6 Å². The summed E-state index contributed by atoms with van der Waals surface area (Å²) in [6, 6.07) is 0. The molecule has 2 rings (SSSR count). The van der Waals surface area contributed by atoms with Gasteiger partial charge in [0.15, 0.2) is 5.89 Å². The van der Waals surface area contributed by atoms with Gasteiger partial charge in [0.1, 0.15) is 5.69 Å². The van der Waals surface area contributed by atoms with Crippen LogP contribution in [0.3, 0.4) is 0 Å². The fourth-order valence-corrected chi connectivity index (χ4v) is 2.02. The van der Waals surface area contributed by atoms with Gasteiger partial charge in [-0.25, -0.2) is 9.78 Å². The predicted octanol–water partition coefficient (Wildman–Crippen LogP) is 1.49. The molecule has 0 bridgehead atoms. The number of carbonyl (C=O) groups is 1. The van der Waals surface area contributed by atoms with Gasteiger partial charge < -0.3 is 15.3 Å². The molecule has 15 heavy (non-hydrogen) atoms. The highest BCUT2D eigenvalue weighted by atomic mass is 16.4. The Morgan fingerprint density at radius 1 is 1.53 bits per heavy atom. The first kappa shape index (κ1) is 10.2. The lowest BCUT2D eigenvalue weighted by Gasteiger charge is -2.00. The van der Waals surface area contributed by atoms with Crippen LogP contribution in [0.5, 0.6) is 0 Å². The van der Waals surface area contributed by atoms with Crippen LogP contribution in [-0.4, -0.2) is 16.1 Å². The van der Waals surface area contributed by atoms with Crippen molar-refractivity contribution in [2.75, 3.05) is 0 Å². The van der Waals surface area contributed by atoms with Gasteiger partial charge in [0.2, 0.25) is 5.76 Å². The number of nitrogens with two attached hydrogens (primary N) is 1. The van der Waals surface area contributed by atoms with Crippen LogP contribution in [0.4, 0.5) is 0 Å². The van der Waals surface area contributed by atoms with Crippen LogP contribution in [-0.2, 0) is 6.54 Å². The van der Waals surface area contributed by atoms with Gasteiger partial charge in [0, 0.05) is 12.5 Å². The van der Waals surface area contributed by atoms with Gasteiger partial charge in [-0.05, 0) is 12.8 Å². The third-order valence-electron chi connectivity index (χ3n) is 2.81. The molecule has 3 N–H and O–H groups in total. The Labute approximate surface area is 87.3 Å². The zero-order valence-electron chi connectivity index (χ0n) is 8.40. The molecule has 1 aliphatic rings. The first-order valence-corrected chi connectivity index (χ1v) is 5.15. The number of nitrogens with zero attached hydrogens (tertiary/aromatic N) is 1. The van der Waals surface area contributed by atoms with Crippen molar-refractivity contribution < 1.29 is 14.3 Å². The third-order valence-corrected chi connectivity index (χ3v) is 2.81. The Kier molecular flexibility index (Phi) is 2.73. The number of hydrogen-bond acceptors (Lipinski definition) is 4. The highest BCUT2D eigenvalue weighted by Crippen LogP contribution is 2.34. The van der Waals surface area contributed by atoms with Gasteiger partial charge in [-0.15, -0.1) is 0 Å². The minimum Gasteiger partial charge on any atom is -0.475 e. The Morgan fingerprint density at radius 3 is 2.67 bits per heavy atom. The Balaban J connectivity index is 2.29. The molecule has 1 heterocycles. The first-order chi connectivity index (χ1) is 7.22. The van der Waals surface area contributed by atoms with E-state index in [2.05, 4.69) is 4.98 Å². The van der Waals surface area contributed by atoms with Crippen LogP contribution in [0.25, 0.3) is 0 Å². The Hall–Kier alpha value is -1.36. The summed E-state index contributed by atoms with van der Waals surface area (Å²) in [5, 5.41) is 8.86. The van der Waals surface area contributed by atoms with E-state index in [9.17, 15) is 4.79 Å². The molecule has 1 aromatic rings. The van der Waals surface area contributed by atoms with Crippen LogP contribution in [0.1, 0.15) is 53.7 Å². The van der Waals surface area contributed by atoms with E-state index in [1.165, 1.54) is 0 Å². The molecule has 0 aliphatic heterocycles. The number of aromatic carboxylic acids is 1. The number of carboxylic acid groups (broad SMARTS) is 1. The molecule has 82 valence electrons. The molecular formula is C10H14N2O3. The molecule has 0 saturated heterocycles. The zero-order chi connectivity index (χ0) is 10.8. The lowest BCUT2D eigenvalue weighted by atomic mass is 10.1. The highest BCUT2D eigenvalue weighted by molar-refractivity contribution is 5.85. The summed E-state index contributed by atoms with van der Waals surface area (Å²) in [7, 11) is 0. The van der Waals surface area contributed by atoms with Crippen molar-refractivity contribution in [2.45, 2.75) is 38.1 Å². The fraction of sp³-hybridized carbons (Fsp3) is 0.600. The summed E-state index contributed by atoms with van der Waals surface area (Å²) in [6.07, 6.45) is 4.38. The molecule has 5 heteroatoms. The van der Waals surface area contributed by atoms with Crippen molar-refractivity contribution in [3.8, 4) is 0 Å². The summed E-state index contributed by atoms with van der Waals surface area (Å²) in [4.78, 5) is 15.0. The molecule has 0 spiro atoms. The van der Waals surface area contributed by atoms with Gasteiger partial charge >= 0.3 is 5.97 Å². The van der Waals surface area contributed by atoms with Crippen molar-refractivity contribution in [2.24, 2.45) is 5.73 Å². The predicted molar refractivity (Wildman–Crippen MR) is 52.6 cm³/mol. The summed E-state index contributed by atoms with van der Waals surface area (Å²) in [6.45, 7) is 0.109. The monoisotopic (exact) mass is 210 g/mol. The fourth-order valence-electron chi connectivity index (χ4n) is 2.02. The van der Waals surface area contributed by atoms with E-state index >= 15 is 0 Å². The average Bonchev–Trinajstić information content (AvgIpc) is 2.86. The molecule has 0 radical (unpaired) electrons. The van der Waals surface area contributed by atoms with Crippen molar-refractivity contribution in [3.05, 3.63) is 17.3 Å². The summed E-state index contributed by atoms with van der Waals surface area (Å²) in [5.41, 5.74) is 5.77. The zero-order valence-corrected chi connectivity index (χ0v) is 8.40. The molecule has 0 unspecified atom stereocenters. The van der Waals surface area contributed by atoms with Gasteiger partial charge in [-0.2, -0.15) is 0 Å². The maximum absolute atomic E-state index is 10.8. The Bertz CT molecular complexity index is 367. The number of hydrogen-bond donors (Lipinski definition) is 2. The third kappa shape index (κ3) is 1.87. The molecule has 1 aliphatic carbocycles. The lowest BCUT2D eigenvalue weighted by molar-refractivity contribution is 0.0658. The van der Waals surface area contributed by atoms with Gasteiger partial charge in [-0.1, -0.05) is 12.8 Å². The lowest BCUT2D eigenvalue weighted by Crippen LogP contribution is -2.04. The maximum atomic E-state index is 10.8. The van der Waals surface area contributed by atoms with Crippen molar-refractivity contribution in [1.29, 1.82) is 0 Å². The smallest absolute Gasteiger partial charge is 0.373 e. The SMILES string of the molecule is NCc1nc(C2CCCC2)oc1C(=O)O. The molecule has 5 nitrogen and oxygen atoms in total. The van der Waals surface area contributed by atoms with E-state index in [1.54, 1.807) is 0 Å². The number of rotatable bonds is 3. The maximum Gasteiger partial charge on any atom is 0.373 e. The van der Waals surface area contributed by atoms with E-state index in [4.69, 9.17) is 15.3 Å². The molecular weight excluding hydrogens is 196 g/mol. The molecule has 1 saturated carbocycles. The molecule has 1 aromatic heterocycles. The van der Waals surface area contributed by atoms with E-state index < -0.39 is 5.97 Å². The van der Waals surface area contributed by atoms with Crippen LogP contribution in [0, 0.1) is 0 Å². The molecule has 1 fully saturated rings. The molecule has 0 atom stereocenters. The number of carboxylic acids is 1. The van der Waals surface area contributed by atoms with E-state index in [1.807, 2.05) is 0 Å². The van der Waals surface area contributed by atoms with E-state index in [0.717, 1.165) is 25.7 Å². The minimum absolute atomic E-state index is 0.0978. The van der Waals surface area contributed by atoms with Gasteiger partial charge in [0.05, 0.1) is 0 Å². The van der Waals surface area contributed by atoms with Crippen LogP contribution in [0.2, 0.25) is 0 Å². The standard InChI is InChI=1S/C10H14N2O3/c11-5-7-8(10(13)14)15-9(12-7)6-3-1-2-4-6/h6H,1-5,11H2,(H,13,14). The largest absolute Gasteiger partial charge is 0.475 e. The topological polar surface area (TPSA) is 89.4 Å². The second kappa shape index (κ2) is 4.02. The van der Waals surface area contributed by atoms with Crippen LogP contribution < -0.4 is 5.73 Å².